The zero-order chi connectivity index (χ0) is 12.9. The number of sulfonamides is 1. The Morgan fingerprint density at radius 1 is 1.35 bits per heavy atom. The van der Waals surface area contributed by atoms with Gasteiger partial charge < -0.3 is 4.74 Å². The van der Waals surface area contributed by atoms with E-state index in [0.717, 1.165) is 6.33 Å². The van der Waals surface area contributed by atoms with E-state index < -0.39 is 10.0 Å². The summed E-state index contributed by atoms with van der Waals surface area (Å²) in [6.07, 6.45) is 1.52. The van der Waals surface area contributed by atoms with Gasteiger partial charge in [-0.2, -0.15) is 0 Å². The van der Waals surface area contributed by atoms with Crippen LogP contribution in [0.4, 0.5) is 5.69 Å². The minimum atomic E-state index is -3.53. The van der Waals surface area contributed by atoms with Gasteiger partial charge >= 0.3 is 0 Å². The topological polar surface area (TPSA) is 81.2 Å². The Morgan fingerprint density at radius 2 is 1.94 bits per heavy atom. The molecule has 0 aromatic carbocycles. The molecule has 1 N–H and O–H groups in total. The van der Waals surface area contributed by atoms with Crippen molar-refractivity contribution in [3.8, 4) is 0 Å². The van der Waals surface area contributed by atoms with Gasteiger partial charge in [0.15, 0.2) is 10.3 Å². The predicted octanol–water partition coefficient (Wildman–Crippen LogP) is 1.56. The van der Waals surface area contributed by atoms with Crippen LogP contribution in [0, 0.1) is 0 Å². The summed E-state index contributed by atoms with van der Waals surface area (Å²) < 4.78 is 30.3. The van der Waals surface area contributed by atoms with Gasteiger partial charge in [0.05, 0.1) is 5.75 Å². The summed E-state index contributed by atoms with van der Waals surface area (Å²) in [5, 5.41) is -0.0827. The average Bonchev–Trinajstić information content (AvgIpc) is 2.24. The first-order valence-electron chi connectivity index (χ1n) is 4.61. The van der Waals surface area contributed by atoms with Crippen molar-refractivity contribution < 1.29 is 13.2 Å². The summed E-state index contributed by atoms with van der Waals surface area (Å²) in [5.74, 6) is -0.0948. The Hall–Kier alpha value is -0.630. The molecule has 0 aliphatic heterocycles. The van der Waals surface area contributed by atoms with Gasteiger partial charge in [0.25, 0.3) is 0 Å². The third-order valence-electron chi connectivity index (χ3n) is 1.77. The number of halogens is 2. The van der Waals surface area contributed by atoms with E-state index in [4.69, 9.17) is 27.9 Å². The molecular weight excluding hydrogens is 289 g/mol. The number of ether oxygens (including phenoxy) is 1. The van der Waals surface area contributed by atoms with E-state index in [1.54, 1.807) is 0 Å². The van der Waals surface area contributed by atoms with E-state index in [1.165, 1.54) is 7.11 Å². The normalized spacial score (nSPS) is 11.5. The molecule has 0 aliphatic carbocycles. The molecule has 6 nitrogen and oxygen atoms in total. The number of rotatable bonds is 6. The first kappa shape index (κ1) is 14.4. The molecule has 0 saturated carbocycles. The van der Waals surface area contributed by atoms with Crippen molar-refractivity contribution >= 4 is 38.9 Å². The number of methoxy groups -OCH3 is 1. The van der Waals surface area contributed by atoms with E-state index in [-0.39, 0.29) is 21.7 Å². The second-order valence-corrected chi connectivity index (χ2v) is 5.66. The van der Waals surface area contributed by atoms with E-state index in [1.807, 2.05) is 0 Å². The van der Waals surface area contributed by atoms with E-state index >= 15 is 0 Å². The fraction of sp³-hybridized carbons (Fsp3) is 0.500. The van der Waals surface area contributed by atoms with Gasteiger partial charge in [0.2, 0.25) is 10.0 Å². The van der Waals surface area contributed by atoms with Crippen LogP contribution in [0.25, 0.3) is 0 Å². The van der Waals surface area contributed by atoms with Gasteiger partial charge in [-0.1, -0.05) is 23.2 Å². The van der Waals surface area contributed by atoms with Crippen LogP contribution >= 0.6 is 23.2 Å². The average molecular weight is 300 g/mol. The van der Waals surface area contributed by atoms with E-state index in [2.05, 4.69) is 14.7 Å². The summed E-state index contributed by atoms with van der Waals surface area (Å²) in [6, 6.07) is 0. The molecule has 0 amide bonds. The molecule has 0 spiro atoms. The van der Waals surface area contributed by atoms with Gasteiger partial charge in [-0.3, -0.25) is 4.72 Å². The highest BCUT2D eigenvalue weighted by atomic mass is 35.5. The largest absolute Gasteiger partial charge is 0.385 e. The zero-order valence-electron chi connectivity index (χ0n) is 8.98. The van der Waals surface area contributed by atoms with E-state index in [0.29, 0.717) is 13.0 Å². The maximum atomic E-state index is 11.6. The van der Waals surface area contributed by atoms with Crippen molar-refractivity contribution in [2.45, 2.75) is 6.42 Å². The number of nitrogens with one attached hydrogen (secondary N) is 1. The first-order valence-corrected chi connectivity index (χ1v) is 7.02. The van der Waals surface area contributed by atoms with Crippen LogP contribution in [0.15, 0.2) is 6.33 Å². The second kappa shape index (κ2) is 6.34. The van der Waals surface area contributed by atoms with E-state index in [9.17, 15) is 8.42 Å². The lowest BCUT2D eigenvalue weighted by Gasteiger charge is -2.09. The second-order valence-electron chi connectivity index (χ2n) is 3.10. The smallest absolute Gasteiger partial charge is 0.233 e. The molecule has 0 radical (unpaired) electrons. The Bertz CT molecular complexity index is 461. The Morgan fingerprint density at radius 3 is 2.47 bits per heavy atom. The van der Waals surface area contributed by atoms with Crippen LogP contribution in [-0.4, -0.2) is 37.9 Å². The molecule has 96 valence electrons. The molecule has 0 saturated heterocycles. The molecule has 0 unspecified atom stereocenters. The van der Waals surface area contributed by atoms with Crippen LogP contribution in [0.5, 0.6) is 0 Å². The zero-order valence-corrected chi connectivity index (χ0v) is 11.3. The monoisotopic (exact) mass is 299 g/mol. The van der Waals surface area contributed by atoms with Gasteiger partial charge in [0, 0.05) is 13.7 Å². The van der Waals surface area contributed by atoms with Crippen molar-refractivity contribution in [3.63, 3.8) is 0 Å². The van der Waals surface area contributed by atoms with Gasteiger partial charge in [-0.05, 0) is 6.42 Å². The number of nitrogens with zero attached hydrogens (tertiary/aromatic N) is 2. The van der Waals surface area contributed by atoms with Crippen LogP contribution in [-0.2, 0) is 14.8 Å². The number of hydrogen-bond donors (Lipinski definition) is 1. The van der Waals surface area contributed by atoms with Crippen molar-refractivity contribution in [2.75, 3.05) is 24.2 Å². The summed E-state index contributed by atoms with van der Waals surface area (Å²) in [6.45, 7) is 0.355. The number of hydrogen-bond acceptors (Lipinski definition) is 5. The van der Waals surface area contributed by atoms with Crippen LogP contribution in [0.2, 0.25) is 10.3 Å². The summed E-state index contributed by atoms with van der Waals surface area (Å²) in [4.78, 5) is 7.28. The molecule has 0 aliphatic rings. The van der Waals surface area contributed by atoms with Crippen LogP contribution in [0.1, 0.15) is 6.42 Å². The molecule has 1 aromatic heterocycles. The van der Waals surface area contributed by atoms with Gasteiger partial charge in [-0.15, -0.1) is 0 Å². The molecule has 0 fully saturated rings. The lowest BCUT2D eigenvalue weighted by atomic mass is 10.5. The molecule has 1 heterocycles. The highest BCUT2D eigenvalue weighted by molar-refractivity contribution is 7.92. The number of anilines is 1. The quantitative estimate of drug-likeness (QED) is 0.637. The third kappa shape index (κ3) is 4.63. The number of aromatic nitrogens is 2. The fourth-order valence-electron chi connectivity index (χ4n) is 1.03. The summed E-state index contributed by atoms with van der Waals surface area (Å²) in [5.41, 5.74) is -0.00625. The minimum absolute atomic E-state index is 0.00625. The van der Waals surface area contributed by atoms with Crippen molar-refractivity contribution in [1.82, 2.24) is 9.97 Å². The maximum absolute atomic E-state index is 11.6. The molecule has 1 aromatic rings. The molecular formula is C8H11Cl2N3O3S. The molecule has 0 atom stereocenters. The highest BCUT2D eigenvalue weighted by Crippen LogP contribution is 2.26. The van der Waals surface area contributed by atoms with Gasteiger partial charge in [0.1, 0.15) is 12.0 Å². The first-order chi connectivity index (χ1) is 7.96. The summed E-state index contributed by atoms with van der Waals surface area (Å²) in [7, 11) is -2.03. The maximum Gasteiger partial charge on any atom is 0.233 e. The SMILES string of the molecule is COCCCS(=O)(=O)Nc1c(Cl)ncnc1Cl. The lowest BCUT2D eigenvalue weighted by Crippen LogP contribution is -2.18. The lowest BCUT2D eigenvalue weighted by molar-refractivity contribution is 0.199. The van der Waals surface area contributed by atoms with Crippen molar-refractivity contribution in [3.05, 3.63) is 16.6 Å². The predicted molar refractivity (Wildman–Crippen MR) is 66.0 cm³/mol. The Labute approximate surface area is 109 Å². The third-order valence-corrected chi connectivity index (χ3v) is 3.69. The fourth-order valence-corrected chi connectivity index (χ4v) is 2.65. The molecule has 17 heavy (non-hydrogen) atoms. The standard InChI is InChI=1S/C8H11Cl2N3O3S/c1-16-3-2-4-17(14,15)13-6-7(9)11-5-12-8(6)10/h5,13H,2-4H2,1H3. The Balaban J connectivity index is 2.76. The molecule has 0 bridgehead atoms. The molecule has 1 rings (SSSR count). The van der Waals surface area contributed by atoms with Crippen LogP contribution < -0.4 is 4.72 Å². The van der Waals surface area contributed by atoms with Crippen molar-refractivity contribution in [1.29, 1.82) is 0 Å². The minimum Gasteiger partial charge on any atom is -0.385 e. The summed E-state index contributed by atoms with van der Waals surface area (Å²) >= 11 is 11.4. The van der Waals surface area contributed by atoms with Crippen molar-refractivity contribution in [2.24, 2.45) is 0 Å². The Kier molecular flexibility index (Phi) is 5.38. The van der Waals surface area contributed by atoms with Crippen LogP contribution in [0.3, 0.4) is 0 Å². The molecule has 9 heteroatoms. The highest BCUT2D eigenvalue weighted by Gasteiger charge is 2.16. The van der Waals surface area contributed by atoms with Gasteiger partial charge in [-0.25, -0.2) is 18.4 Å².